The molecule has 1 saturated heterocycles. The van der Waals surface area contributed by atoms with Gasteiger partial charge in [-0.1, -0.05) is 12.1 Å². The molecule has 5 heteroatoms. The molecule has 0 spiro atoms. The van der Waals surface area contributed by atoms with Crippen LogP contribution in [0.2, 0.25) is 0 Å². The lowest BCUT2D eigenvalue weighted by Crippen LogP contribution is -2.32. The fraction of sp³-hybridized carbons (Fsp3) is 0.364. The molecule has 0 N–H and O–H groups in total. The van der Waals surface area contributed by atoms with E-state index in [2.05, 4.69) is 39.2 Å². The predicted octanol–water partition coefficient (Wildman–Crippen LogP) is 3.82. The van der Waals surface area contributed by atoms with Crippen LogP contribution >= 0.6 is 0 Å². The molecular weight excluding hydrogens is 336 g/mol. The maximum atomic E-state index is 12.7. The molecule has 1 atom stereocenters. The SMILES string of the molecule is Cc1nccc(C(=O)N2CCCC(Cc3ccc4ncccc4c3)CC2)n1. The molecule has 4 rings (SSSR count). The first-order valence-corrected chi connectivity index (χ1v) is 9.61. The Balaban J connectivity index is 1.41. The van der Waals surface area contributed by atoms with E-state index in [1.807, 2.05) is 24.1 Å². The van der Waals surface area contributed by atoms with Gasteiger partial charge in [-0.2, -0.15) is 0 Å². The van der Waals surface area contributed by atoms with Gasteiger partial charge in [-0.25, -0.2) is 9.97 Å². The molecular formula is C22H24N4O. The van der Waals surface area contributed by atoms with Gasteiger partial charge in [0.15, 0.2) is 0 Å². The third-order valence-electron chi connectivity index (χ3n) is 5.32. The Morgan fingerprint density at radius 2 is 2.04 bits per heavy atom. The minimum absolute atomic E-state index is 0.0259. The Bertz CT molecular complexity index is 956. The van der Waals surface area contributed by atoms with Crippen molar-refractivity contribution in [3.63, 3.8) is 0 Å². The van der Waals surface area contributed by atoms with Crippen LogP contribution < -0.4 is 0 Å². The van der Waals surface area contributed by atoms with Gasteiger partial charge in [-0.3, -0.25) is 9.78 Å². The molecule has 5 nitrogen and oxygen atoms in total. The Hall–Kier alpha value is -2.82. The third kappa shape index (κ3) is 4.13. The summed E-state index contributed by atoms with van der Waals surface area (Å²) < 4.78 is 0. The van der Waals surface area contributed by atoms with E-state index in [0.29, 0.717) is 17.4 Å². The highest BCUT2D eigenvalue weighted by Gasteiger charge is 2.22. The number of rotatable bonds is 3. The molecule has 138 valence electrons. The summed E-state index contributed by atoms with van der Waals surface area (Å²) in [5.41, 5.74) is 2.90. The Labute approximate surface area is 159 Å². The summed E-state index contributed by atoms with van der Waals surface area (Å²) >= 11 is 0. The van der Waals surface area contributed by atoms with Crippen molar-refractivity contribution in [1.82, 2.24) is 19.9 Å². The smallest absolute Gasteiger partial charge is 0.272 e. The highest BCUT2D eigenvalue weighted by atomic mass is 16.2. The Kier molecular flexibility index (Phi) is 5.10. The van der Waals surface area contributed by atoms with Crippen LogP contribution in [0.4, 0.5) is 0 Å². The zero-order valence-corrected chi connectivity index (χ0v) is 15.6. The summed E-state index contributed by atoms with van der Waals surface area (Å²) in [6.07, 6.45) is 7.76. The zero-order valence-electron chi connectivity index (χ0n) is 15.6. The van der Waals surface area contributed by atoms with E-state index in [0.717, 1.165) is 44.3 Å². The van der Waals surface area contributed by atoms with Crippen LogP contribution in [-0.4, -0.2) is 38.8 Å². The van der Waals surface area contributed by atoms with Crippen molar-refractivity contribution >= 4 is 16.8 Å². The minimum Gasteiger partial charge on any atom is -0.337 e. The van der Waals surface area contributed by atoms with E-state index in [1.165, 1.54) is 10.9 Å². The van der Waals surface area contributed by atoms with Crippen molar-refractivity contribution in [2.75, 3.05) is 13.1 Å². The maximum absolute atomic E-state index is 12.7. The quantitative estimate of drug-likeness (QED) is 0.712. The number of hydrogen-bond acceptors (Lipinski definition) is 4. The van der Waals surface area contributed by atoms with E-state index in [1.54, 1.807) is 12.3 Å². The second-order valence-electron chi connectivity index (χ2n) is 7.31. The zero-order chi connectivity index (χ0) is 18.6. The lowest BCUT2D eigenvalue weighted by atomic mass is 9.92. The van der Waals surface area contributed by atoms with Gasteiger partial charge in [-0.05, 0) is 68.4 Å². The largest absolute Gasteiger partial charge is 0.337 e. The van der Waals surface area contributed by atoms with Crippen molar-refractivity contribution in [2.45, 2.75) is 32.6 Å². The van der Waals surface area contributed by atoms with E-state index in [9.17, 15) is 4.79 Å². The molecule has 27 heavy (non-hydrogen) atoms. The molecule has 1 aliphatic rings. The summed E-state index contributed by atoms with van der Waals surface area (Å²) in [6.45, 7) is 3.41. The minimum atomic E-state index is 0.0259. The van der Waals surface area contributed by atoms with Crippen molar-refractivity contribution < 1.29 is 4.79 Å². The van der Waals surface area contributed by atoms with E-state index < -0.39 is 0 Å². The predicted molar refractivity (Wildman–Crippen MR) is 105 cm³/mol. The number of carbonyl (C=O) groups is 1. The summed E-state index contributed by atoms with van der Waals surface area (Å²) in [5.74, 6) is 1.27. The van der Waals surface area contributed by atoms with Crippen LogP contribution in [0, 0.1) is 12.8 Å². The summed E-state index contributed by atoms with van der Waals surface area (Å²) in [6, 6.07) is 12.3. The molecule has 1 amide bonds. The van der Waals surface area contributed by atoms with Crippen LogP contribution in [0.3, 0.4) is 0 Å². The molecule has 0 radical (unpaired) electrons. The molecule has 2 aromatic heterocycles. The number of aromatic nitrogens is 3. The topological polar surface area (TPSA) is 59.0 Å². The van der Waals surface area contributed by atoms with E-state index >= 15 is 0 Å². The first kappa shape index (κ1) is 17.6. The molecule has 0 aliphatic carbocycles. The molecule has 1 fully saturated rings. The monoisotopic (exact) mass is 360 g/mol. The van der Waals surface area contributed by atoms with E-state index in [4.69, 9.17) is 0 Å². The number of carbonyl (C=O) groups excluding carboxylic acids is 1. The fourth-order valence-corrected chi connectivity index (χ4v) is 3.90. The number of nitrogens with zero attached hydrogens (tertiary/aromatic N) is 4. The lowest BCUT2D eigenvalue weighted by molar-refractivity contribution is 0.0753. The highest BCUT2D eigenvalue weighted by molar-refractivity contribution is 5.92. The first-order chi connectivity index (χ1) is 13.2. The summed E-state index contributed by atoms with van der Waals surface area (Å²) in [4.78, 5) is 27.5. The fourth-order valence-electron chi connectivity index (χ4n) is 3.90. The van der Waals surface area contributed by atoms with Crippen LogP contribution in [0.1, 0.15) is 41.1 Å². The van der Waals surface area contributed by atoms with Crippen LogP contribution in [0.15, 0.2) is 48.8 Å². The first-order valence-electron chi connectivity index (χ1n) is 9.61. The average Bonchev–Trinajstić information content (AvgIpc) is 2.93. The van der Waals surface area contributed by atoms with Gasteiger partial charge in [0.25, 0.3) is 5.91 Å². The molecule has 3 aromatic rings. The number of benzene rings is 1. The number of fused-ring (bicyclic) bond motifs is 1. The van der Waals surface area contributed by atoms with Gasteiger partial charge in [0.2, 0.25) is 0 Å². The second kappa shape index (κ2) is 7.82. The normalized spacial score (nSPS) is 17.7. The van der Waals surface area contributed by atoms with Crippen molar-refractivity contribution in [1.29, 1.82) is 0 Å². The Morgan fingerprint density at radius 3 is 2.93 bits per heavy atom. The van der Waals surface area contributed by atoms with Crippen LogP contribution in [0.25, 0.3) is 10.9 Å². The van der Waals surface area contributed by atoms with Gasteiger partial charge in [0, 0.05) is 30.9 Å². The average molecular weight is 360 g/mol. The summed E-state index contributed by atoms with van der Waals surface area (Å²) in [7, 11) is 0. The highest BCUT2D eigenvalue weighted by Crippen LogP contribution is 2.24. The number of hydrogen-bond donors (Lipinski definition) is 0. The van der Waals surface area contributed by atoms with Crippen molar-refractivity contribution in [2.24, 2.45) is 5.92 Å². The molecule has 1 unspecified atom stereocenters. The Morgan fingerprint density at radius 1 is 1.11 bits per heavy atom. The number of aryl methyl sites for hydroxylation is 1. The lowest BCUT2D eigenvalue weighted by Gasteiger charge is -2.20. The third-order valence-corrected chi connectivity index (χ3v) is 5.32. The maximum Gasteiger partial charge on any atom is 0.272 e. The number of likely N-dealkylation sites (tertiary alicyclic amines) is 1. The van der Waals surface area contributed by atoms with Gasteiger partial charge in [0.1, 0.15) is 11.5 Å². The van der Waals surface area contributed by atoms with Crippen molar-refractivity contribution in [3.05, 3.63) is 65.9 Å². The summed E-state index contributed by atoms with van der Waals surface area (Å²) in [5, 5.41) is 1.19. The van der Waals surface area contributed by atoms with Gasteiger partial charge in [0.05, 0.1) is 5.52 Å². The molecule has 3 heterocycles. The second-order valence-corrected chi connectivity index (χ2v) is 7.31. The number of amides is 1. The van der Waals surface area contributed by atoms with Gasteiger partial charge >= 0.3 is 0 Å². The molecule has 1 aliphatic heterocycles. The van der Waals surface area contributed by atoms with Crippen LogP contribution in [-0.2, 0) is 6.42 Å². The van der Waals surface area contributed by atoms with Crippen LogP contribution in [0.5, 0.6) is 0 Å². The van der Waals surface area contributed by atoms with Gasteiger partial charge in [-0.15, -0.1) is 0 Å². The standard InChI is InChI=1S/C22H24N4O/c1-16-23-11-8-21(25-16)22(27)26-12-3-4-17(9-13-26)14-18-6-7-20-19(15-18)5-2-10-24-20/h2,5-8,10-11,15,17H,3-4,9,12-14H2,1H3. The molecule has 1 aromatic carbocycles. The molecule has 0 saturated carbocycles. The van der Waals surface area contributed by atoms with Gasteiger partial charge < -0.3 is 4.90 Å². The number of pyridine rings is 1. The van der Waals surface area contributed by atoms with Crippen molar-refractivity contribution in [3.8, 4) is 0 Å². The van der Waals surface area contributed by atoms with E-state index in [-0.39, 0.29) is 5.91 Å². The molecule has 0 bridgehead atoms.